The molecule has 1 aliphatic carbocycles. The molecule has 0 heteroatoms. The molecule has 0 fully saturated rings. The van der Waals surface area contributed by atoms with Gasteiger partial charge >= 0.3 is 0 Å². The standard InChI is InChI=1S/C12H18/c1-4-11-8-7-9-12(5-2,6-3)10-11/h5,7-9H,2,4,6,10H2,1,3H3. The predicted octanol–water partition coefficient (Wildman–Crippen LogP) is 3.87. The Morgan fingerprint density at radius 1 is 1.58 bits per heavy atom. The Morgan fingerprint density at radius 3 is 2.83 bits per heavy atom. The Morgan fingerprint density at radius 2 is 2.33 bits per heavy atom. The van der Waals surface area contributed by atoms with Crippen molar-refractivity contribution in [2.75, 3.05) is 0 Å². The molecule has 1 atom stereocenters. The second-order valence-corrected chi connectivity index (χ2v) is 3.51. The molecule has 0 radical (unpaired) electrons. The molecule has 1 aliphatic rings. The number of rotatable bonds is 3. The van der Waals surface area contributed by atoms with Gasteiger partial charge in [-0.05, 0) is 19.3 Å². The monoisotopic (exact) mass is 162 g/mol. The molecule has 1 unspecified atom stereocenters. The van der Waals surface area contributed by atoms with E-state index in [1.54, 1.807) is 5.57 Å². The van der Waals surface area contributed by atoms with Crippen molar-refractivity contribution in [1.82, 2.24) is 0 Å². The molecule has 0 N–H and O–H groups in total. The molecule has 0 bridgehead atoms. The average molecular weight is 162 g/mol. The highest BCUT2D eigenvalue weighted by Crippen LogP contribution is 2.36. The molecule has 0 aliphatic heterocycles. The fraction of sp³-hybridized carbons (Fsp3) is 0.500. The summed E-state index contributed by atoms with van der Waals surface area (Å²) in [6.45, 7) is 8.36. The van der Waals surface area contributed by atoms with Gasteiger partial charge in [0.05, 0.1) is 0 Å². The fourth-order valence-electron chi connectivity index (χ4n) is 1.69. The van der Waals surface area contributed by atoms with Crippen molar-refractivity contribution in [3.63, 3.8) is 0 Å². The fourth-order valence-corrected chi connectivity index (χ4v) is 1.69. The minimum absolute atomic E-state index is 0.250. The summed E-state index contributed by atoms with van der Waals surface area (Å²) >= 11 is 0. The first-order chi connectivity index (χ1) is 5.76. The average Bonchev–Trinajstić information content (AvgIpc) is 2.18. The summed E-state index contributed by atoms with van der Waals surface area (Å²) in [6, 6.07) is 0. The van der Waals surface area contributed by atoms with Gasteiger partial charge < -0.3 is 0 Å². The van der Waals surface area contributed by atoms with Crippen molar-refractivity contribution in [3.8, 4) is 0 Å². The van der Waals surface area contributed by atoms with Gasteiger partial charge in [-0.25, -0.2) is 0 Å². The van der Waals surface area contributed by atoms with Crippen LogP contribution in [0.25, 0.3) is 0 Å². The first-order valence-corrected chi connectivity index (χ1v) is 4.77. The summed E-state index contributed by atoms with van der Waals surface area (Å²) in [5.74, 6) is 0. The smallest absolute Gasteiger partial charge is 0.00960 e. The van der Waals surface area contributed by atoms with Crippen LogP contribution in [0.15, 0.2) is 36.5 Å². The second kappa shape index (κ2) is 3.75. The van der Waals surface area contributed by atoms with Gasteiger partial charge in [-0.1, -0.05) is 43.7 Å². The van der Waals surface area contributed by atoms with E-state index in [4.69, 9.17) is 0 Å². The Balaban J connectivity index is 2.80. The van der Waals surface area contributed by atoms with Crippen molar-refractivity contribution in [3.05, 3.63) is 36.5 Å². The third kappa shape index (κ3) is 1.69. The zero-order valence-electron chi connectivity index (χ0n) is 8.14. The third-order valence-corrected chi connectivity index (χ3v) is 2.84. The topological polar surface area (TPSA) is 0 Å². The summed E-state index contributed by atoms with van der Waals surface area (Å²) in [5.41, 5.74) is 1.79. The maximum Gasteiger partial charge on any atom is 0.00960 e. The Hall–Kier alpha value is -0.780. The van der Waals surface area contributed by atoms with Gasteiger partial charge in [-0.2, -0.15) is 0 Å². The predicted molar refractivity (Wildman–Crippen MR) is 55.1 cm³/mol. The van der Waals surface area contributed by atoms with E-state index in [2.05, 4.69) is 44.7 Å². The molecular weight excluding hydrogens is 144 g/mol. The first kappa shape index (κ1) is 9.31. The maximum absolute atomic E-state index is 3.92. The van der Waals surface area contributed by atoms with Crippen LogP contribution in [0.2, 0.25) is 0 Å². The molecule has 0 nitrogen and oxygen atoms in total. The molecule has 0 spiro atoms. The molecule has 0 amide bonds. The van der Waals surface area contributed by atoms with Crippen LogP contribution >= 0.6 is 0 Å². The van der Waals surface area contributed by atoms with Crippen molar-refractivity contribution in [2.24, 2.45) is 5.41 Å². The largest absolute Gasteiger partial charge is 0.102 e. The van der Waals surface area contributed by atoms with Gasteiger partial charge in [-0.3, -0.25) is 0 Å². The lowest BCUT2D eigenvalue weighted by molar-refractivity contribution is 0.459. The lowest BCUT2D eigenvalue weighted by Crippen LogP contribution is -2.16. The van der Waals surface area contributed by atoms with Crippen LogP contribution < -0.4 is 0 Å². The third-order valence-electron chi connectivity index (χ3n) is 2.84. The molecule has 0 aromatic rings. The summed E-state index contributed by atoms with van der Waals surface area (Å²) in [6.07, 6.45) is 12.3. The highest BCUT2D eigenvalue weighted by atomic mass is 14.3. The van der Waals surface area contributed by atoms with Gasteiger partial charge in [0.15, 0.2) is 0 Å². The highest BCUT2D eigenvalue weighted by molar-refractivity contribution is 5.27. The van der Waals surface area contributed by atoms with Gasteiger partial charge in [0.1, 0.15) is 0 Å². The van der Waals surface area contributed by atoms with Crippen LogP contribution in [0.4, 0.5) is 0 Å². The molecule has 0 saturated heterocycles. The SMILES string of the molecule is C=CC1(CC)C=CC=C(CC)C1. The van der Waals surface area contributed by atoms with E-state index in [-0.39, 0.29) is 5.41 Å². The van der Waals surface area contributed by atoms with Gasteiger partial charge in [0, 0.05) is 5.41 Å². The van der Waals surface area contributed by atoms with Crippen LogP contribution in [0.5, 0.6) is 0 Å². The Labute approximate surface area is 75.7 Å². The Kier molecular flexibility index (Phi) is 2.91. The summed E-state index contributed by atoms with van der Waals surface area (Å²) in [4.78, 5) is 0. The molecular formula is C12H18. The normalized spacial score (nSPS) is 28.3. The summed E-state index contributed by atoms with van der Waals surface area (Å²) in [5, 5.41) is 0. The van der Waals surface area contributed by atoms with Crippen molar-refractivity contribution >= 4 is 0 Å². The quantitative estimate of drug-likeness (QED) is 0.553. The zero-order valence-corrected chi connectivity index (χ0v) is 8.14. The van der Waals surface area contributed by atoms with E-state index in [9.17, 15) is 0 Å². The van der Waals surface area contributed by atoms with Crippen LogP contribution in [0, 0.1) is 5.41 Å². The van der Waals surface area contributed by atoms with E-state index in [1.807, 2.05) is 0 Å². The van der Waals surface area contributed by atoms with Crippen LogP contribution in [-0.4, -0.2) is 0 Å². The lowest BCUT2D eigenvalue weighted by atomic mass is 9.76. The molecule has 1 rings (SSSR count). The molecule has 12 heavy (non-hydrogen) atoms. The van der Waals surface area contributed by atoms with Crippen molar-refractivity contribution in [1.29, 1.82) is 0 Å². The Bertz CT molecular complexity index is 220. The van der Waals surface area contributed by atoms with Gasteiger partial charge in [0.25, 0.3) is 0 Å². The van der Waals surface area contributed by atoms with E-state index in [0.717, 1.165) is 6.42 Å². The first-order valence-electron chi connectivity index (χ1n) is 4.77. The number of allylic oxidation sites excluding steroid dienone is 5. The lowest BCUT2D eigenvalue weighted by Gasteiger charge is -2.29. The van der Waals surface area contributed by atoms with Gasteiger partial charge in [-0.15, -0.1) is 6.58 Å². The van der Waals surface area contributed by atoms with E-state index in [1.165, 1.54) is 12.8 Å². The van der Waals surface area contributed by atoms with Crippen LogP contribution in [0.1, 0.15) is 33.1 Å². The number of hydrogen-bond acceptors (Lipinski definition) is 0. The van der Waals surface area contributed by atoms with E-state index in [0.29, 0.717) is 0 Å². The molecule has 0 saturated carbocycles. The second-order valence-electron chi connectivity index (χ2n) is 3.51. The van der Waals surface area contributed by atoms with Crippen LogP contribution in [-0.2, 0) is 0 Å². The number of hydrogen-bond donors (Lipinski definition) is 0. The van der Waals surface area contributed by atoms with Crippen LogP contribution in [0.3, 0.4) is 0 Å². The summed E-state index contributed by atoms with van der Waals surface area (Å²) in [7, 11) is 0. The van der Waals surface area contributed by atoms with E-state index >= 15 is 0 Å². The summed E-state index contributed by atoms with van der Waals surface area (Å²) < 4.78 is 0. The zero-order chi connectivity index (χ0) is 9.03. The van der Waals surface area contributed by atoms with Crippen molar-refractivity contribution in [2.45, 2.75) is 33.1 Å². The van der Waals surface area contributed by atoms with E-state index < -0.39 is 0 Å². The maximum atomic E-state index is 3.92. The van der Waals surface area contributed by atoms with Gasteiger partial charge in [0.2, 0.25) is 0 Å². The molecule has 0 aromatic heterocycles. The minimum atomic E-state index is 0.250. The molecule has 0 heterocycles. The molecule has 66 valence electrons. The molecule has 0 aromatic carbocycles. The van der Waals surface area contributed by atoms with Crippen molar-refractivity contribution < 1.29 is 0 Å². The highest BCUT2D eigenvalue weighted by Gasteiger charge is 2.23. The minimum Gasteiger partial charge on any atom is -0.102 e.